The monoisotopic (exact) mass is 493 g/mol. The number of nitrogens with two attached hydrogens (primary N) is 1. The number of benzene rings is 2. The number of fused-ring (bicyclic) bond motifs is 1. The number of hydrogen-bond acceptors (Lipinski definition) is 6. The van der Waals surface area contributed by atoms with Gasteiger partial charge in [0.15, 0.2) is 11.6 Å². The zero-order valence-electron chi connectivity index (χ0n) is 17.4. The molecule has 0 saturated carbocycles. The van der Waals surface area contributed by atoms with E-state index in [4.69, 9.17) is 17.3 Å². The number of aliphatic hydroxyl groups excluding tert-OH is 1. The fourth-order valence-electron chi connectivity index (χ4n) is 3.61. The maximum absolute atomic E-state index is 14.8. The van der Waals surface area contributed by atoms with Crippen molar-refractivity contribution >= 4 is 44.2 Å². The van der Waals surface area contributed by atoms with E-state index in [-0.39, 0.29) is 38.1 Å². The summed E-state index contributed by atoms with van der Waals surface area (Å²) in [5.41, 5.74) is 6.82. The molecular weight excluding hydrogens is 476 g/mol. The number of rotatable bonds is 5. The summed E-state index contributed by atoms with van der Waals surface area (Å²) in [6, 6.07) is 4.73. The normalized spacial score (nSPS) is 11.8. The van der Waals surface area contributed by atoms with Gasteiger partial charge in [-0.2, -0.15) is 0 Å². The van der Waals surface area contributed by atoms with Crippen molar-refractivity contribution in [1.29, 1.82) is 0 Å². The number of aryl methyl sites for hydroxylation is 2. The molecule has 0 aliphatic rings. The zero-order chi connectivity index (χ0) is 24.1. The number of aliphatic hydroxyl groups is 1. The van der Waals surface area contributed by atoms with Gasteiger partial charge in [0.25, 0.3) is 10.0 Å². The van der Waals surface area contributed by atoms with Crippen LogP contribution in [0.1, 0.15) is 11.1 Å². The van der Waals surface area contributed by atoms with Crippen molar-refractivity contribution in [2.75, 3.05) is 10.5 Å². The van der Waals surface area contributed by atoms with Crippen LogP contribution in [0.15, 0.2) is 41.7 Å². The van der Waals surface area contributed by atoms with Gasteiger partial charge in [-0.1, -0.05) is 17.7 Å². The summed E-state index contributed by atoms with van der Waals surface area (Å²) < 4.78 is 59.2. The second-order valence-corrected chi connectivity index (χ2v) is 9.46. The average Bonchev–Trinajstić information content (AvgIpc) is 3.09. The Bertz CT molecular complexity index is 1520. The molecule has 0 bridgehead atoms. The molecule has 0 unspecified atom stereocenters. The maximum atomic E-state index is 14.8. The third-order valence-electron chi connectivity index (χ3n) is 5.07. The molecule has 4 N–H and O–H groups in total. The summed E-state index contributed by atoms with van der Waals surface area (Å²) >= 11 is 6.16. The predicted molar refractivity (Wildman–Crippen MR) is 121 cm³/mol. The summed E-state index contributed by atoms with van der Waals surface area (Å²) in [5.74, 6) is -2.40. The summed E-state index contributed by atoms with van der Waals surface area (Å²) in [5, 5.41) is 9.58. The van der Waals surface area contributed by atoms with E-state index >= 15 is 0 Å². The van der Waals surface area contributed by atoms with Crippen LogP contribution in [-0.4, -0.2) is 28.1 Å². The number of nitrogens with one attached hydrogen (secondary N) is 1. The van der Waals surface area contributed by atoms with E-state index in [0.717, 1.165) is 12.1 Å². The molecule has 0 aliphatic heterocycles. The lowest BCUT2D eigenvalue weighted by Gasteiger charge is -2.14. The molecular formula is C21H18ClF2N5O3S. The van der Waals surface area contributed by atoms with E-state index in [1.165, 1.54) is 18.6 Å². The SMILES string of the molecule is Cc1cc(CO)c(Cl)c(S(=O)(=O)Nc2cc(F)c(F)c(-c3cn(C)c4ncnc(N)c34)c2)c1. The molecule has 172 valence electrons. The Morgan fingerprint density at radius 3 is 2.61 bits per heavy atom. The van der Waals surface area contributed by atoms with E-state index in [2.05, 4.69) is 14.7 Å². The van der Waals surface area contributed by atoms with Gasteiger partial charge in [-0.05, 0) is 30.2 Å². The third-order valence-corrected chi connectivity index (χ3v) is 7.04. The van der Waals surface area contributed by atoms with Crippen LogP contribution in [0.25, 0.3) is 22.2 Å². The zero-order valence-corrected chi connectivity index (χ0v) is 19.0. The Labute approximate surface area is 192 Å². The number of aromatic nitrogens is 3. The largest absolute Gasteiger partial charge is 0.392 e. The molecule has 0 atom stereocenters. The minimum absolute atomic E-state index is 0.0597. The van der Waals surface area contributed by atoms with Crippen LogP contribution in [-0.2, 0) is 23.7 Å². The summed E-state index contributed by atoms with van der Waals surface area (Å²) in [6.07, 6.45) is 2.74. The van der Waals surface area contributed by atoms with Gasteiger partial charge in [0.1, 0.15) is 22.7 Å². The molecule has 2 heterocycles. The van der Waals surface area contributed by atoms with Gasteiger partial charge in [0, 0.05) is 30.4 Å². The van der Waals surface area contributed by atoms with Crippen LogP contribution in [0.5, 0.6) is 0 Å². The number of nitrogens with zero attached hydrogens (tertiary/aromatic N) is 3. The Morgan fingerprint density at radius 1 is 1.18 bits per heavy atom. The van der Waals surface area contributed by atoms with E-state index in [9.17, 15) is 22.3 Å². The van der Waals surface area contributed by atoms with Crippen molar-refractivity contribution in [2.45, 2.75) is 18.4 Å². The summed E-state index contributed by atoms with van der Waals surface area (Å²) in [4.78, 5) is 7.71. The third kappa shape index (κ3) is 3.99. The minimum atomic E-state index is -4.31. The van der Waals surface area contributed by atoms with Gasteiger partial charge in [-0.15, -0.1) is 0 Å². The molecule has 8 nitrogen and oxygen atoms in total. The first-order valence-electron chi connectivity index (χ1n) is 9.51. The van der Waals surface area contributed by atoms with Crippen LogP contribution in [0.4, 0.5) is 20.3 Å². The number of hydrogen-bond donors (Lipinski definition) is 3. The average molecular weight is 494 g/mol. The number of nitrogen functional groups attached to an aromatic ring is 1. The Hall–Kier alpha value is -3.28. The van der Waals surface area contributed by atoms with Gasteiger partial charge in [0.05, 0.1) is 22.7 Å². The van der Waals surface area contributed by atoms with Gasteiger partial charge in [0.2, 0.25) is 0 Å². The molecule has 2 aromatic heterocycles. The molecule has 0 spiro atoms. The Morgan fingerprint density at radius 2 is 1.91 bits per heavy atom. The number of sulfonamides is 1. The fourth-order valence-corrected chi connectivity index (χ4v) is 5.33. The van der Waals surface area contributed by atoms with Crippen LogP contribution >= 0.6 is 11.6 Å². The van der Waals surface area contributed by atoms with Crippen LogP contribution in [0, 0.1) is 18.6 Å². The smallest absolute Gasteiger partial charge is 0.263 e. The van der Waals surface area contributed by atoms with Crippen LogP contribution in [0.3, 0.4) is 0 Å². The predicted octanol–water partition coefficient (Wildman–Crippen LogP) is 3.75. The molecule has 12 heteroatoms. The first-order valence-corrected chi connectivity index (χ1v) is 11.4. The standard InChI is InChI=1S/C21H18ClF2N5O3S/c1-10-3-11(8-30)18(22)16(4-10)33(31,32)28-12-5-13(19(24)15(23)6-12)14-7-29(2)21-17(14)20(25)26-9-27-21/h3-7,9,28,30H,8H2,1-2H3,(H2,25,26,27). The topological polar surface area (TPSA) is 123 Å². The van der Waals surface area contributed by atoms with E-state index in [1.807, 2.05) is 0 Å². The molecule has 4 rings (SSSR count). The Balaban J connectivity index is 1.86. The molecule has 0 fully saturated rings. The first-order chi connectivity index (χ1) is 15.5. The van der Waals surface area contributed by atoms with E-state index in [1.54, 1.807) is 24.6 Å². The van der Waals surface area contributed by atoms with Crippen molar-refractivity contribution in [1.82, 2.24) is 14.5 Å². The highest BCUT2D eigenvalue weighted by Gasteiger charge is 2.24. The summed E-state index contributed by atoms with van der Waals surface area (Å²) in [7, 11) is -2.66. The van der Waals surface area contributed by atoms with Crippen molar-refractivity contribution in [2.24, 2.45) is 7.05 Å². The van der Waals surface area contributed by atoms with Crippen LogP contribution < -0.4 is 10.5 Å². The molecule has 0 amide bonds. The second kappa shape index (κ2) is 8.25. The van der Waals surface area contributed by atoms with Gasteiger partial charge >= 0.3 is 0 Å². The molecule has 0 aliphatic carbocycles. The van der Waals surface area contributed by atoms with Gasteiger partial charge < -0.3 is 15.4 Å². The Kier molecular flexibility index (Phi) is 5.72. The molecule has 33 heavy (non-hydrogen) atoms. The van der Waals surface area contributed by atoms with Gasteiger partial charge in [-0.25, -0.2) is 27.2 Å². The highest BCUT2D eigenvalue weighted by molar-refractivity contribution is 7.92. The quantitative estimate of drug-likeness (QED) is 0.389. The van der Waals surface area contributed by atoms with Gasteiger partial charge in [-0.3, -0.25) is 4.72 Å². The highest BCUT2D eigenvalue weighted by Crippen LogP contribution is 2.37. The molecule has 2 aromatic carbocycles. The first kappa shape index (κ1) is 22.9. The lowest BCUT2D eigenvalue weighted by molar-refractivity contribution is 0.281. The van der Waals surface area contributed by atoms with E-state index in [0.29, 0.717) is 16.6 Å². The second-order valence-electron chi connectivity index (χ2n) is 7.43. The van der Waals surface area contributed by atoms with Crippen molar-refractivity contribution < 1.29 is 22.3 Å². The van der Waals surface area contributed by atoms with Crippen molar-refractivity contribution in [3.8, 4) is 11.1 Å². The lowest BCUT2D eigenvalue weighted by Crippen LogP contribution is -2.15. The molecule has 0 radical (unpaired) electrons. The van der Waals surface area contributed by atoms with Crippen molar-refractivity contribution in [3.63, 3.8) is 0 Å². The lowest BCUT2D eigenvalue weighted by atomic mass is 10.0. The molecule has 0 saturated heterocycles. The minimum Gasteiger partial charge on any atom is -0.392 e. The highest BCUT2D eigenvalue weighted by atomic mass is 35.5. The fraction of sp³-hybridized carbons (Fsp3) is 0.143. The number of anilines is 2. The van der Waals surface area contributed by atoms with Crippen LogP contribution in [0.2, 0.25) is 5.02 Å². The molecule has 4 aromatic rings. The number of halogens is 3. The maximum Gasteiger partial charge on any atom is 0.263 e. The van der Waals surface area contributed by atoms with Crippen molar-refractivity contribution in [3.05, 3.63) is 64.6 Å². The summed E-state index contributed by atoms with van der Waals surface area (Å²) in [6.45, 7) is 1.17. The van der Waals surface area contributed by atoms with E-state index < -0.39 is 28.3 Å².